The molecule has 0 radical (unpaired) electrons. The van der Waals surface area contributed by atoms with Crippen molar-refractivity contribution in [2.24, 2.45) is 0 Å². The van der Waals surface area contributed by atoms with Crippen molar-refractivity contribution < 1.29 is 31.8 Å². The predicted molar refractivity (Wildman–Crippen MR) is 102 cm³/mol. The number of ether oxygens (including phenoxy) is 3. The molecule has 0 aliphatic heterocycles. The third-order valence-electron chi connectivity index (χ3n) is 3.83. The van der Waals surface area contributed by atoms with E-state index in [4.69, 9.17) is 13.9 Å². The fourth-order valence-corrected chi connectivity index (χ4v) is 2.58. The number of halogens is 3. The minimum atomic E-state index is -4.81. The van der Waals surface area contributed by atoms with E-state index in [1.807, 2.05) is 18.2 Å². The maximum Gasteiger partial charge on any atom is 0.573 e. The third-order valence-corrected chi connectivity index (χ3v) is 3.83. The molecule has 4 rings (SSSR count). The monoisotopic (exact) mass is 430 g/mol. The molecule has 1 aromatic heterocycles. The Hall–Kier alpha value is -4.21. The van der Waals surface area contributed by atoms with Crippen LogP contribution in [0.15, 0.2) is 88.1 Å². The van der Waals surface area contributed by atoms with Gasteiger partial charge >= 0.3 is 18.2 Å². The lowest BCUT2D eigenvalue weighted by molar-refractivity contribution is -0.274. The first-order valence-corrected chi connectivity index (χ1v) is 8.83. The summed E-state index contributed by atoms with van der Waals surface area (Å²) >= 11 is 0. The molecule has 10 heteroatoms. The van der Waals surface area contributed by atoms with Gasteiger partial charge in [0.05, 0.1) is 5.69 Å². The molecule has 0 bridgehead atoms. The van der Waals surface area contributed by atoms with Gasteiger partial charge in [-0.15, -0.1) is 13.2 Å². The summed E-state index contributed by atoms with van der Waals surface area (Å²) in [5, 5.41) is 3.90. The van der Waals surface area contributed by atoms with Crippen molar-refractivity contribution in [2.45, 2.75) is 6.36 Å². The molecule has 0 spiro atoms. The summed E-state index contributed by atoms with van der Waals surface area (Å²) in [5.41, 5.74) is 0.166. The molecule has 0 aliphatic rings. The first-order valence-electron chi connectivity index (χ1n) is 8.83. The highest BCUT2D eigenvalue weighted by atomic mass is 19.4. The zero-order valence-corrected chi connectivity index (χ0v) is 15.6. The fraction of sp³-hybridized carbons (Fsp3) is 0.0476. The second kappa shape index (κ2) is 8.27. The van der Waals surface area contributed by atoms with E-state index in [2.05, 4.69) is 9.84 Å². The molecule has 0 saturated heterocycles. The standard InChI is InChI=1S/C21H13F3N2O5/c22-21(23,24)31-16-11-9-14(10-12-16)26-20(27)30-19(25-26)29-18-8-4-7-17(13-18)28-15-5-2-1-3-6-15/h1-13H. The number of hydrogen-bond donors (Lipinski definition) is 0. The molecule has 0 unspecified atom stereocenters. The zero-order valence-electron chi connectivity index (χ0n) is 15.6. The Morgan fingerprint density at radius 3 is 2.10 bits per heavy atom. The zero-order chi connectivity index (χ0) is 21.8. The van der Waals surface area contributed by atoms with E-state index >= 15 is 0 Å². The van der Waals surface area contributed by atoms with E-state index in [1.54, 1.807) is 36.4 Å². The van der Waals surface area contributed by atoms with Gasteiger partial charge in [0.25, 0.3) is 0 Å². The number of alkyl halides is 3. The van der Waals surface area contributed by atoms with Crippen LogP contribution in [-0.2, 0) is 0 Å². The third kappa shape index (κ3) is 5.24. The van der Waals surface area contributed by atoms with Crippen molar-refractivity contribution in [3.63, 3.8) is 0 Å². The lowest BCUT2D eigenvalue weighted by Gasteiger charge is -2.08. The van der Waals surface area contributed by atoms with Crippen LogP contribution in [0.5, 0.6) is 29.1 Å². The van der Waals surface area contributed by atoms with Crippen molar-refractivity contribution in [3.05, 3.63) is 89.4 Å². The first kappa shape index (κ1) is 20.1. The van der Waals surface area contributed by atoms with Crippen LogP contribution in [0.25, 0.3) is 5.69 Å². The average Bonchev–Trinajstić information content (AvgIpc) is 3.08. The van der Waals surface area contributed by atoms with Crippen LogP contribution in [0.4, 0.5) is 13.2 Å². The molecule has 0 aliphatic carbocycles. The van der Waals surface area contributed by atoms with Gasteiger partial charge in [-0.3, -0.25) is 0 Å². The van der Waals surface area contributed by atoms with Crippen LogP contribution in [0.2, 0.25) is 0 Å². The van der Waals surface area contributed by atoms with Gasteiger partial charge in [0.1, 0.15) is 23.0 Å². The Labute approximate surface area is 172 Å². The SMILES string of the molecule is O=c1oc(Oc2cccc(Oc3ccccc3)c2)nn1-c1ccc(OC(F)(F)F)cc1. The van der Waals surface area contributed by atoms with Crippen LogP contribution >= 0.6 is 0 Å². The van der Waals surface area contributed by atoms with Crippen molar-refractivity contribution >= 4 is 0 Å². The summed E-state index contributed by atoms with van der Waals surface area (Å²) in [6.45, 7) is 0. The first-order chi connectivity index (χ1) is 14.9. The second-order valence-corrected chi connectivity index (χ2v) is 6.08. The Balaban J connectivity index is 1.49. The molecule has 0 atom stereocenters. The van der Waals surface area contributed by atoms with Crippen LogP contribution in [0.3, 0.4) is 0 Å². The van der Waals surface area contributed by atoms with E-state index in [-0.39, 0.29) is 11.8 Å². The van der Waals surface area contributed by atoms with Crippen molar-refractivity contribution in [1.82, 2.24) is 9.78 Å². The minimum absolute atomic E-state index is 0.166. The second-order valence-electron chi connectivity index (χ2n) is 6.08. The van der Waals surface area contributed by atoms with Crippen molar-refractivity contribution in [3.8, 4) is 34.8 Å². The average molecular weight is 430 g/mol. The topological polar surface area (TPSA) is 75.7 Å². The van der Waals surface area contributed by atoms with Crippen LogP contribution in [-0.4, -0.2) is 16.1 Å². The summed E-state index contributed by atoms with van der Waals surface area (Å²) in [5.74, 6) is 0.116. The fourth-order valence-electron chi connectivity index (χ4n) is 2.58. The van der Waals surface area contributed by atoms with Crippen LogP contribution in [0.1, 0.15) is 0 Å². The normalized spacial score (nSPS) is 11.2. The molecular formula is C21H13F3N2O5. The molecule has 1 heterocycles. The number of nitrogens with zero attached hydrogens (tertiary/aromatic N) is 2. The highest BCUT2D eigenvalue weighted by Gasteiger charge is 2.31. The highest BCUT2D eigenvalue weighted by molar-refractivity contribution is 5.38. The molecule has 0 amide bonds. The molecule has 7 nitrogen and oxygen atoms in total. The molecular weight excluding hydrogens is 417 g/mol. The summed E-state index contributed by atoms with van der Waals surface area (Å²) in [6, 6.07) is 20.3. The number of rotatable bonds is 6. The molecule has 0 fully saturated rings. The maximum absolute atomic E-state index is 12.3. The van der Waals surface area contributed by atoms with Crippen molar-refractivity contribution in [1.29, 1.82) is 0 Å². The molecule has 0 saturated carbocycles. The maximum atomic E-state index is 12.3. The molecule has 158 valence electrons. The van der Waals surface area contributed by atoms with Gasteiger partial charge in [-0.2, -0.15) is 4.68 Å². The predicted octanol–water partition coefficient (Wildman–Crippen LogP) is 5.31. The summed E-state index contributed by atoms with van der Waals surface area (Å²) in [4.78, 5) is 12.1. The van der Waals surface area contributed by atoms with E-state index < -0.39 is 17.9 Å². The number of para-hydroxylation sites is 1. The number of benzene rings is 3. The van der Waals surface area contributed by atoms with E-state index in [0.29, 0.717) is 17.2 Å². The lowest BCUT2D eigenvalue weighted by Crippen LogP contribution is -2.17. The van der Waals surface area contributed by atoms with Crippen molar-refractivity contribution in [2.75, 3.05) is 0 Å². The summed E-state index contributed by atoms with van der Waals surface area (Å²) in [7, 11) is 0. The van der Waals surface area contributed by atoms with E-state index in [1.165, 1.54) is 12.1 Å². The summed E-state index contributed by atoms with van der Waals surface area (Å²) in [6.07, 6.45) is -5.16. The number of hydrogen-bond acceptors (Lipinski definition) is 6. The Kier molecular flexibility index (Phi) is 5.35. The molecule has 3 aromatic carbocycles. The van der Waals surface area contributed by atoms with Gasteiger partial charge in [0, 0.05) is 6.07 Å². The minimum Gasteiger partial charge on any atom is -0.457 e. The van der Waals surface area contributed by atoms with Crippen LogP contribution < -0.4 is 20.0 Å². The van der Waals surface area contributed by atoms with Gasteiger partial charge in [0.2, 0.25) is 0 Å². The van der Waals surface area contributed by atoms with Gasteiger partial charge < -0.3 is 18.6 Å². The molecule has 4 aromatic rings. The van der Waals surface area contributed by atoms with Gasteiger partial charge in [-0.05, 0) is 48.5 Å². The summed E-state index contributed by atoms with van der Waals surface area (Å²) < 4.78 is 57.6. The van der Waals surface area contributed by atoms with E-state index in [9.17, 15) is 18.0 Å². The smallest absolute Gasteiger partial charge is 0.457 e. The van der Waals surface area contributed by atoms with Crippen LogP contribution in [0, 0.1) is 0 Å². The largest absolute Gasteiger partial charge is 0.573 e. The Morgan fingerprint density at radius 1 is 0.774 bits per heavy atom. The Bertz CT molecular complexity index is 1220. The van der Waals surface area contributed by atoms with Gasteiger partial charge in [0.15, 0.2) is 0 Å². The lowest BCUT2D eigenvalue weighted by atomic mass is 10.3. The quantitative estimate of drug-likeness (QED) is 0.413. The highest BCUT2D eigenvalue weighted by Crippen LogP contribution is 2.28. The Morgan fingerprint density at radius 2 is 1.42 bits per heavy atom. The van der Waals surface area contributed by atoms with Gasteiger partial charge in [-0.1, -0.05) is 29.4 Å². The molecule has 31 heavy (non-hydrogen) atoms. The van der Waals surface area contributed by atoms with E-state index in [0.717, 1.165) is 16.8 Å². The van der Waals surface area contributed by atoms with Gasteiger partial charge in [-0.25, -0.2) is 4.79 Å². The molecule has 0 N–H and O–H groups in total. The number of aromatic nitrogens is 2.